The second-order valence-corrected chi connectivity index (χ2v) is 7.97. The molecule has 0 aliphatic rings. The van der Waals surface area contributed by atoms with Crippen molar-refractivity contribution in [2.75, 3.05) is 20.8 Å². The van der Waals surface area contributed by atoms with Crippen molar-refractivity contribution in [1.82, 2.24) is 14.1 Å². The van der Waals surface area contributed by atoms with Crippen molar-refractivity contribution in [2.45, 2.75) is 18.4 Å². The number of hydrogen-bond donors (Lipinski definition) is 1. The van der Waals surface area contributed by atoms with Crippen LogP contribution in [0.5, 0.6) is 11.5 Å². The number of carbonyl (C=O) groups excluding carboxylic acids is 1. The Morgan fingerprint density at radius 3 is 2.59 bits per heavy atom. The van der Waals surface area contributed by atoms with Gasteiger partial charge in [0, 0.05) is 18.5 Å². The molecule has 1 aromatic carbocycles. The molecular weight excluding hydrogens is 398 g/mol. The number of sulfonamides is 1. The van der Waals surface area contributed by atoms with Crippen molar-refractivity contribution >= 4 is 21.6 Å². The van der Waals surface area contributed by atoms with E-state index in [2.05, 4.69) is 9.71 Å². The minimum absolute atomic E-state index is 0.0568. The fourth-order valence-electron chi connectivity index (χ4n) is 2.65. The van der Waals surface area contributed by atoms with Crippen LogP contribution >= 0.6 is 0 Å². The van der Waals surface area contributed by atoms with Gasteiger partial charge < -0.3 is 18.6 Å². The lowest BCUT2D eigenvalue weighted by Crippen LogP contribution is -2.30. The molecule has 0 saturated heterocycles. The number of aryl methyl sites for hydroxylation is 1. The van der Waals surface area contributed by atoms with Gasteiger partial charge >= 0.3 is 5.97 Å². The van der Waals surface area contributed by atoms with Crippen molar-refractivity contribution in [3.05, 3.63) is 54.0 Å². The number of nitrogens with zero attached hydrogens (tertiary/aromatic N) is 2. The highest BCUT2D eigenvalue weighted by molar-refractivity contribution is 7.89. The van der Waals surface area contributed by atoms with Crippen molar-refractivity contribution in [3.8, 4) is 11.5 Å². The molecule has 0 spiro atoms. The minimum Gasteiger partial charge on any atom is -0.493 e. The predicted molar refractivity (Wildman–Crippen MR) is 104 cm³/mol. The summed E-state index contributed by atoms with van der Waals surface area (Å²) in [5.74, 6) is -0.0594. The van der Waals surface area contributed by atoms with E-state index in [1.165, 1.54) is 32.4 Å². The molecule has 154 valence electrons. The monoisotopic (exact) mass is 419 g/mol. The predicted octanol–water partition coefficient (Wildman–Crippen LogP) is 1.68. The molecule has 2 aromatic heterocycles. The maximum absolute atomic E-state index is 12.4. The molecule has 0 radical (unpaired) electrons. The number of fused-ring (bicyclic) bond motifs is 1. The van der Waals surface area contributed by atoms with Crippen molar-refractivity contribution in [3.63, 3.8) is 0 Å². The quantitative estimate of drug-likeness (QED) is 0.554. The number of ether oxygens (including phenoxy) is 3. The van der Waals surface area contributed by atoms with Crippen LogP contribution in [0.3, 0.4) is 0 Å². The lowest BCUT2D eigenvalue weighted by Gasteiger charge is -2.10. The van der Waals surface area contributed by atoms with Crippen LogP contribution in [-0.2, 0) is 26.2 Å². The van der Waals surface area contributed by atoms with Gasteiger partial charge in [0.25, 0.3) is 0 Å². The van der Waals surface area contributed by atoms with Gasteiger partial charge in [-0.25, -0.2) is 13.4 Å². The number of benzene rings is 1. The summed E-state index contributed by atoms with van der Waals surface area (Å²) in [5, 5.41) is 0. The second kappa shape index (κ2) is 8.50. The maximum atomic E-state index is 12.4. The Morgan fingerprint density at radius 2 is 1.86 bits per heavy atom. The Bertz CT molecular complexity index is 1140. The van der Waals surface area contributed by atoms with E-state index in [-0.39, 0.29) is 17.3 Å². The highest BCUT2D eigenvalue weighted by Crippen LogP contribution is 2.29. The van der Waals surface area contributed by atoms with E-state index in [9.17, 15) is 13.2 Å². The van der Waals surface area contributed by atoms with Gasteiger partial charge in [0.1, 0.15) is 18.8 Å². The van der Waals surface area contributed by atoms with E-state index in [1.54, 1.807) is 6.20 Å². The lowest BCUT2D eigenvalue weighted by molar-refractivity contribution is -0.143. The third-order valence-corrected chi connectivity index (χ3v) is 5.50. The molecule has 2 heterocycles. The number of nitrogens with one attached hydrogen (secondary N) is 1. The first kappa shape index (κ1) is 20.6. The van der Waals surface area contributed by atoms with Crippen LogP contribution in [0.2, 0.25) is 0 Å². The number of imidazole rings is 1. The number of aromatic nitrogens is 2. The van der Waals surface area contributed by atoms with Crippen LogP contribution in [-0.4, -0.2) is 44.5 Å². The minimum atomic E-state index is -3.93. The molecular formula is C19H21N3O6S. The zero-order chi connectivity index (χ0) is 21.0. The maximum Gasteiger partial charge on any atom is 0.321 e. The largest absolute Gasteiger partial charge is 0.493 e. The molecule has 0 aliphatic carbocycles. The Kier molecular flexibility index (Phi) is 6.04. The average molecular weight is 419 g/mol. The summed E-state index contributed by atoms with van der Waals surface area (Å²) in [6, 6.07) is 7.93. The topological polar surface area (TPSA) is 108 Å². The fraction of sp³-hybridized carbons (Fsp3) is 0.263. The SMILES string of the molecule is COc1ccc(S(=O)(=O)NCC(=O)OCc2cn3cc(C)ccc3n2)cc1OC. The van der Waals surface area contributed by atoms with Gasteiger partial charge in [-0.2, -0.15) is 4.72 Å². The molecule has 0 unspecified atom stereocenters. The van der Waals surface area contributed by atoms with Gasteiger partial charge in [-0.3, -0.25) is 4.79 Å². The van der Waals surface area contributed by atoms with E-state index in [0.29, 0.717) is 11.4 Å². The molecule has 0 saturated carbocycles. The van der Waals surface area contributed by atoms with Crippen LogP contribution in [0.25, 0.3) is 5.65 Å². The summed E-state index contributed by atoms with van der Waals surface area (Å²) in [5.41, 5.74) is 2.37. The Labute approximate surface area is 168 Å². The lowest BCUT2D eigenvalue weighted by atomic mass is 10.3. The van der Waals surface area contributed by atoms with E-state index in [4.69, 9.17) is 14.2 Å². The molecule has 1 N–H and O–H groups in total. The molecule has 10 heteroatoms. The molecule has 0 fully saturated rings. The van der Waals surface area contributed by atoms with Gasteiger partial charge in [0.05, 0.1) is 24.8 Å². The molecule has 0 bridgehead atoms. The van der Waals surface area contributed by atoms with Crippen molar-refractivity contribution in [1.29, 1.82) is 0 Å². The van der Waals surface area contributed by atoms with Crippen LogP contribution in [0.4, 0.5) is 0 Å². The molecule has 0 atom stereocenters. The van der Waals surface area contributed by atoms with Crippen LogP contribution < -0.4 is 14.2 Å². The normalized spacial score (nSPS) is 11.4. The first-order chi connectivity index (χ1) is 13.8. The van der Waals surface area contributed by atoms with Gasteiger partial charge in [-0.15, -0.1) is 0 Å². The number of methoxy groups -OCH3 is 2. The van der Waals surface area contributed by atoms with E-state index in [1.807, 2.05) is 29.7 Å². The standard InChI is InChI=1S/C19H21N3O6S/c1-13-4-7-18-21-14(11-22(18)10-13)12-28-19(23)9-20-29(24,25)15-5-6-16(26-2)17(8-15)27-3/h4-8,10-11,20H,9,12H2,1-3H3. The zero-order valence-corrected chi connectivity index (χ0v) is 17.0. The molecule has 0 aliphatic heterocycles. The summed E-state index contributed by atoms with van der Waals surface area (Å²) in [6.45, 7) is 1.39. The van der Waals surface area contributed by atoms with Crippen LogP contribution in [0.15, 0.2) is 47.6 Å². The third kappa shape index (κ3) is 4.84. The number of carbonyl (C=O) groups is 1. The van der Waals surface area contributed by atoms with Gasteiger partial charge in [0.2, 0.25) is 10.0 Å². The van der Waals surface area contributed by atoms with E-state index in [0.717, 1.165) is 11.2 Å². The summed E-state index contributed by atoms with van der Waals surface area (Å²) in [4.78, 5) is 16.2. The zero-order valence-electron chi connectivity index (χ0n) is 16.2. The highest BCUT2D eigenvalue weighted by atomic mass is 32.2. The number of rotatable bonds is 8. The summed E-state index contributed by atoms with van der Waals surface area (Å²) in [7, 11) is -1.08. The van der Waals surface area contributed by atoms with Gasteiger partial charge in [-0.05, 0) is 30.7 Å². The average Bonchev–Trinajstić information content (AvgIpc) is 3.12. The van der Waals surface area contributed by atoms with E-state index < -0.39 is 22.5 Å². The second-order valence-electron chi connectivity index (χ2n) is 6.21. The third-order valence-electron chi connectivity index (χ3n) is 4.10. The van der Waals surface area contributed by atoms with Crippen LogP contribution in [0, 0.1) is 6.92 Å². The highest BCUT2D eigenvalue weighted by Gasteiger charge is 2.19. The molecule has 29 heavy (non-hydrogen) atoms. The molecule has 3 rings (SSSR count). The fourth-order valence-corrected chi connectivity index (χ4v) is 3.64. The Morgan fingerprint density at radius 1 is 1.10 bits per heavy atom. The first-order valence-electron chi connectivity index (χ1n) is 8.64. The summed E-state index contributed by atoms with van der Waals surface area (Å²) < 4.78 is 44.1. The Balaban J connectivity index is 1.59. The number of hydrogen-bond acceptors (Lipinski definition) is 7. The smallest absolute Gasteiger partial charge is 0.321 e. The molecule has 3 aromatic rings. The van der Waals surface area contributed by atoms with E-state index >= 15 is 0 Å². The van der Waals surface area contributed by atoms with Crippen LogP contribution in [0.1, 0.15) is 11.3 Å². The number of pyridine rings is 1. The molecule has 0 amide bonds. The summed E-state index contributed by atoms with van der Waals surface area (Å²) in [6.07, 6.45) is 3.66. The molecule has 9 nitrogen and oxygen atoms in total. The summed E-state index contributed by atoms with van der Waals surface area (Å²) >= 11 is 0. The van der Waals surface area contributed by atoms with Gasteiger partial charge in [-0.1, -0.05) is 6.07 Å². The van der Waals surface area contributed by atoms with Gasteiger partial charge in [0.15, 0.2) is 11.5 Å². The Hall–Kier alpha value is -3.11. The van der Waals surface area contributed by atoms with Crippen molar-refractivity contribution < 1.29 is 27.4 Å². The first-order valence-corrected chi connectivity index (χ1v) is 10.1. The van der Waals surface area contributed by atoms with Crippen molar-refractivity contribution in [2.24, 2.45) is 0 Å². The number of esters is 1.